The molecule has 1 aromatic rings. The van der Waals surface area contributed by atoms with E-state index in [1.165, 1.54) is 10.5 Å². The molecule has 2 rings (SSSR count). The van der Waals surface area contributed by atoms with Gasteiger partial charge in [-0.15, -0.1) is 0 Å². The highest BCUT2D eigenvalue weighted by Crippen LogP contribution is 2.27. The minimum Gasteiger partial charge on any atom is -0.480 e. The Balaban J connectivity index is 1.90. The molecule has 1 unspecified atom stereocenters. The Labute approximate surface area is 142 Å². The van der Waals surface area contributed by atoms with Crippen LogP contribution >= 0.6 is 0 Å². The van der Waals surface area contributed by atoms with Crippen LogP contribution in [-0.4, -0.2) is 34.5 Å². The minimum absolute atomic E-state index is 0.313. The summed E-state index contributed by atoms with van der Waals surface area (Å²) in [6, 6.07) is 9.34. The molecule has 0 aliphatic carbocycles. The molecule has 5 heteroatoms. The lowest BCUT2D eigenvalue weighted by Gasteiger charge is -2.24. The molecule has 1 amide bonds. The monoisotopic (exact) mass is 328 g/mol. The fraction of sp³-hybridized carbons (Fsp3) is 0.368. The maximum Gasteiger partial charge on any atom is 0.326 e. The molecule has 1 heterocycles. The van der Waals surface area contributed by atoms with E-state index >= 15 is 0 Å². The summed E-state index contributed by atoms with van der Waals surface area (Å²) in [7, 11) is 0. The highest BCUT2D eigenvalue weighted by molar-refractivity contribution is 5.97. The number of nitrogens with zero attached hydrogens (tertiary/aromatic N) is 1. The molecule has 5 nitrogen and oxygen atoms in total. The number of aryl methyl sites for hydroxylation is 1. The number of carboxylic acids is 1. The number of aliphatic carboxylic acids is 1. The number of carboxylic acid groups (broad SMARTS) is 1. The molecule has 0 bridgehead atoms. The Morgan fingerprint density at radius 2 is 2.08 bits per heavy atom. The third kappa shape index (κ3) is 4.25. The van der Waals surface area contributed by atoms with Gasteiger partial charge in [0, 0.05) is 12.2 Å². The summed E-state index contributed by atoms with van der Waals surface area (Å²) >= 11 is 0. The first-order valence-electron chi connectivity index (χ1n) is 8.23. The van der Waals surface area contributed by atoms with E-state index in [0.29, 0.717) is 30.8 Å². The Morgan fingerprint density at radius 3 is 2.71 bits per heavy atom. The number of hydrogen-bond donors (Lipinski definition) is 2. The number of likely N-dealkylation sites (tertiary alicyclic amines) is 1. The van der Waals surface area contributed by atoms with Crippen molar-refractivity contribution in [2.75, 3.05) is 6.54 Å². The standard InChI is InChI=1S/C19H24N2O3/c1-3-16(20-13-7-10-15-8-5-4-6-9-15)18(22)21-14(2)11-12-17(21)19(23)24/h3-6,8-9,17,20H,2,7,10-13H2,1H3,(H,23,24)/b16-3+. The minimum atomic E-state index is -0.985. The normalized spacial score (nSPS) is 17.9. The first-order valence-corrected chi connectivity index (χ1v) is 8.23. The molecule has 1 aliphatic heterocycles. The van der Waals surface area contributed by atoms with Crippen LogP contribution in [0, 0.1) is 0 Å². The molecule has 0 aromatic heterocycles. The quantitative estimate of drug-likeness (QED) is 0.596. The molecule has 0 spiro atoms. The molecule has 128 valence electrons. The van der Waals surface area contributed by atoms with Gasteiger partial charge in [0.15, 0.2) is 0 Å². The van der Waals surface area contributed by atoms with Gasteiger partial charge in [0.2, 0.25) is 0 Å². The molecular formula is C19H24N2O3. The maximum absolute atomic E-state index is 12.6. The molecule has 24 heavy (non-hydrogen) atoms. The van der Waals surface area contributed by atoms with E-state index in [1.807, 2.05) is 18.2 Å². The predicted octanol–water partition coefficient (Wildman–Crippen LogP) is 2.70. The van der Waals surface area contributed by atoms with Gasteiger partial charge in [-0.1, -0.05) is 43.0 Å². The third-order valence-electron chi connectivity index (χ3n) is 4.18. The van der Waals surface area contributed by atoms with Crippen LogP contribution in [-0.2, 0) is 16.0 Å². The first-order chi connectivity index (χ1) is 11.5. The van der Waals surface area contributed by atoms with Gasteiger partial charge in [-0.25, -0.2) is 4.79 Å². The van der Waals surface area contributed by atoms with Gasteiger partial charge < -0.3 is 10.4 Å². The van der Waals surface area contributed by atoms with Crippen molar-refractivity contribution in [1.29, 1.82) is 0 Å². The molecule has 0 saturated carbocycles. The molecule has 1 fully saturated rings. The van der Waals surface area contributed by atoms with Crippen molar-refractivity contribution in [3.8, 4) is 0 Å². The van der Waals surface area contributed by atoms with Crippen molar-refractivity contribution in [2.24, 2.45) is 0 Å². The fourth-order valence-electron chi connectivity index (χ4n) is 2.88. The largest absolute Gasteiger partial charge is 0.480 e. The number of benzene rings is 1. The van der Waals surface area contributed by atoms with Crippen molar-refractivity contribution in [3.05, 3.63) is 59.9 Å². The summed E-state index contributed by atoms with van der Waals surface area (Å²) in [5.74, 6) is -1.30. The lowest BCUT2D eigenvalue weighted by molar-refractivity contribution is -0.146. The highest BCUT2D eigenvalue weighted by atomic mass is 16.4. The number of carbonyl (C=O) groups excluding carboxylic acids is 1. The van der Waals surface area contributed by atoms with Crippen LogP contribution in [0.2, 0.25) is 0 Å². The van der Waals surface area contributed by atoms with Crippen LogP contribution in [0.25, 0.3) is 0 Å². The van der Waals surface area contributed by atoms with E-state index in [2.05, 4.69) is 24.0 Å². The molecule has 1 atom stereocenters. The first kappa shape index (κ1) is 17.8. The number of hydrogen-bond acceptors (Lipinski definition) is 3. The summed E-state index contributed by atoms with van der Waals surface area (Å²) < 4.78 is 0. The zero-order valence-corrected chi connectivity index (χ0v) is 14.0. The van der Waals surface area contributed by atoms with Crippen molar-refractivity contribution in [1.82, 2.24) is 10.2 Å². The van der Waals surface area contributed by atoms with Gasteiger partial charge in [-0.3, -0.25) is 9.69 Å². The topological polar surface area (TPSA) is 69.6 Å². The zero-order chi connectivity index (χ0) is 17.5. The van der Waals surface area contributed by atoms with E-state index in [0.717, 1.165) is 12.8 Å². The number of amides is 1. The SMILES string of the molecule is C=C1CCC(C(=O)O)N1C(=O)/C(=C\C)NCCCc1ccccc1. The summed E-state index contributed by atoms with van der Waals surface area (Å²) in [5, 5.41) is 12.4. The van der Waals surface area contributed by atoms with Gasteiger partial charge in [-0.2, -0.15) is 0 Å². The third-order valence-corrected chi connectivity index (χ3v) is 4.18. The van der Waals surface area contributed by atoms with E-state index < -0.39 is 12.0 Å². The van der Waals surface area contributed by atoms with Crippen LogP contribution < -0.4 is 5.32 Å². The van der Waals surface area contributed by atoms with Crippen LogP contribution in [0.4, 0.5) is 0 Å². The van der Waals surface area contributed by atoms with E-state index in [4.69, 9.17) is 0 Å². The van der Waals surface area contributed by atoms with Gasteiger partial charge in [0.25, 0.3) is 5.91 Å². The molecule has 1 aliphatic rings. The Morgan fingerprint density at radius 1 is 1.38 bits per heavy atom. The van der Waals surface area contributed by atoms with Gasteiger partial charge in [0.1, 0.15) is 6.04 Å². The summed E-state index contributed by atoms with van der Waals surface area (Å²) in [6.45, 7) is 6.25. The zero-order valence-electron chi connectivity index (χ0n) is 14.0. The van der Waals surface area contributed by atoms with Crippen molar-refractivity contribution in [3.63, 3.8) is 0 Å². The second-order valence-electron chi connectivity index (χ2n) is 5.85. The number of rotatable bonds is 7. The lowest BCUT2D eigenvalue weighted by Crippen LogP contribution is -2.42. The number of allylic oxidation sites excluding steroid dienone is 2. The Hall–Kier alpha value is -2.56. The predicted molar refractivity (Wildman–Crippen MR) is 93.2 cm³/mol. The van der Waals surface area contributed by atoms with Crippen LogP contribution in [0.3, 0.4) is 0 Å². The average Bonchev–Trinajstić information content (AvgIpc) is 2.97. The lowest BCUT2D eigenvalue weighted by atomic mass is 10.1. The van der Waals surface area contributed by atoms with Crippen molar-refractivity contribution >= 4 is 11.9 Å². The summed E-state index contributed by atoms with van der Waals surface area (Å²) in [4.78, 5) is 25.3. The number of nitrogens with one attached hydrogen (secondary N) is 1. The molecule has 1 saturated heterocycles. The van der Waals surface area contributed by atoms with E-state index in [-0.39, 0.29) is 5.91 Å². The van der Waals surface area contributed by atoms with E-state index in [1.54, 1.807) is 13.0 Å². The van der Waals surface area contributed by atoms with Gasteiger partial charge >= 0.3 is 5.97 Å². The summed E-state index contributed by atoms with van der Waals surface area (Å²) in [5.41, 5.74) is 2.25. The maximum atomic E-state index is 12.6. The van der Waals surface area contributed by atoms with E-state index in [9.17, 15) is 14.7 Å². The van der Waals surface area contributed by atoms with Crippen LogP contribution in [0.1, 0.15) is 31.7 Å². The molecule has 1 aromatic carbocycles. The Bertz CT molecular complexity index is 637. The second kappa shape index (κ2) is 8.34. The molecular weight excluding hydrogens is 304 g/mol. The smallest absolute Gasteiger partial charge is 0.326 e. The van der Waals surface area contributed by atoms with Crippen LogP contribution in [0.5, 0.6) is 0 Å². The van der Waals surface area contributed by atoms with Crippen molar-refractivity contribution < 1.29 is 14.7 Å². The summed E-state index contributed by atoms with van der Waals surface area (Å²) in [6.07, 6.45) is 4.46. The fourth-order valence-corrected chi connectivity index (χ4v) is 2.88. The number of carbonyl (C=O) groups is 2. The molecule has 0 radical (unpaired) electrons. The average molecular weight is 328 g/mol. The second-order valence-corrected chi connectivity index (χ2v) is 5.85. The van der Waals surface area contributed by atoms with Gasteiger partial charge in [-0.05, 0) is 38.2 Å². The van der Waals surface area contributed by atoms with Gasteiger partial charge in [0.05, 0.1) is 5.70 Å². The Kier molecular flexibility index (Phi) is 6.18. The highest BCUT2D eigenvalue weighted by Gasteiger charge is 2.37. The van der Waals surface area contributed by atoms with Crippen LogP contribution in [0.15, 0.2) is 54.4 Å². The van der Waals surface area contributed by atoms with Crippen molar-refractivity contribution in [2.45, 2.75) is 38.6 Å². The molecule has 2 N–H and O–H groups in total.